The second kappa shape index (κ2) is 5.47. The number of fused-ring (bicyclic) bond motifs is 1. The molecule has 7 nitrogen and oxygen atoms in total. The van der Waals surface area contributed by atoms with Crippen LogP contribution in [-0.4, -0.2) is 39.1 Å². The highest BCUT2D eigenvalue weighted by molar-refractivity contribution is 5.80. The normalized spacial score (nSPS) is 13.5. The van der Waals surface area contributed by atoms with Crippen LogP contribution in [0, 0.1) is 0 Å². The molecule has 0 saturated carbocycles. The predicted molar refractivity (Wildman–Crippen MR) is 73.2 cm³/mol. The molecule has 0 aromatic carbocycles. The van der Waals surface area contributed by atoms with Crippen LogP contribution in [0.5, 0.6) is 0 Å². The number of rotatable bonds is 4. The first-order chi connectivity index (χ1) is 9.11. The van der Waals surface area contributed by atoms with Gasteiger partial charge in [-0.1, -0.05) is 5.16 Å². The van der Waals surface area contributed by atoms with E-state index in [4.69, 9.17) is 10.9 Å². The number of nitrogens with two attached hydrogens (primary N) is 1. The van der Waals surface area contributed by atoms with E-state index >= 15 is 0 Å². The summed E-state index contributed by atoms with van der Waals surface area (Å²) in [5.41, 5.74) is 6.86. The maximum atomic E-state index is 8.59. The molecule has 19 heavy (non-hydrogen) atoms. The highest BCUT2D eigenvalue weighted by atomic mass is 16.4. The first kappa shape index (κ1) is 13.0. The van der Waals surface area contributed by atoms with Gasteiger partial charge in [0.15, 0.2) is 5.65 Å². The molecule has 0 aliphatic carbocycles. The van der Waals surface area contributed by atoms with E-state index in [1.165, 1.54) is 0 Å². The molecule has 1 atom stereocenters. The van der Waals surface area contributed by atoms with Crippen LogP contribution in [0.2, 0.25) is 0 Å². The first-order valence-electron chi connectivity index (χ1n) is 5.89. The van der Waals surface area contributed by atoms with E-state index in [0.29, 0.717) is 12.1 Å². The molecule has 0 radical (unpaired) electrons. The number of nitrogens with zero attached hydrogens (tertiary/aromatic N) is 5. The van der Waals surface area contributed by atoms with Crippen LogP contribution in [0.4, 0.5) is 5.82 Å². The number of oxime groups is 1. The van der Waals surface area contributed by atoms with E-state index < -0.39 is 0 Å². The smallest absolute Gasteiger partial charge is 0.180 e. The summed E-state index contributed by atoms with van der Waals surface area (Å²) >= 11 is 0. The Bertz CT molecular complexity index is 600. The molecule has 0 amide bonds. The number of hydrogen-bond donors (Lipinski definition) is 2. The number of aromatic nitrogens is 3. The number of hydrogen-bond acceptors (Lipinski definition) is 6. The minimum Gasteiger partial charge on any atom is -0.409 e. The number of pyridine rings is 1. The summed E-state index contributed by atoms with van der Waals surface area (Å²) in [5.74, 6) is 0.964. The lowest BCUT2D eigenvalue weighted by atomic mass is 10.2. The second-order valence-corrected chi connectivity index (χ2v) is 4.32. The molecule has 0 fully saturated rings. The molecule has 2 heterocycles. The SMILES string of the molecule is CC(CC(N)=NO)N(C)c1ccc2nccnc2n1. The Balaban J connectivity index is 2.23. The third-order valence-electron chi connectivity index (χ3n) is 2.97. The summed E-state index contributed by atoms with van der Waals surface area (Å²) in [6, 6.07) is 3.80. The molecule has 2 rings (SSSR count). The molecule has 0 saturated heterocycles. The highest BCUT2D eigenvalue weighted by Crippen LogP contribution is 2.16. The van der Waals surface area contributed by atoms with Gasteiger partial charge in [0.25, 0.3) is 0 Å². The van der Waals surface area contributed by atoms with Gasteiger partial charge in [-0.15, -0.1) is 0 Å². The average Bonchev–Trinajstić information content (AvgIpc) is 2.45. The van der Waals surface area contributed by atoms with Crippen molar-refractivity contribution in [3.05, 3.63) is 24.5 Å². The van der Waals surface area contributed by atoms with Gasteiger partial charge in [0.1, 0.15) is 17.2 Å². The zero-order valence-corrected chi connectivity index (χ0v) is 10.9. The summed E-state index contributed by atoms with van der Waals surface area (Å²) in [6.07, 6.45) is 3.70. The van der Waals surface area contributed by atoms with E-state index in [1.807, 2.05) is 31.0 Å². The molecule has 2 aromatic rings. The summed E-state index contributed by atoms with van der Waals surface area (Å²) in [5, 5.41) is 11.6. The van der Waals surface area contributed by atoms with Gasteiger partial charge in [-0.25, -0.2) is 9.97 Å². The molecule has 2 aromatic heterocycles. The van der Waals surface area contributed by atoms with E-state index in [9.17, 15) is 0 Å². The van der Waals surface area contributed by atoms with Crippen molar-refractivity contribution in [1.82, 2.24) is 15.0 Å². The Labute approximate surface area is 110 Å². The van der Waals surface area contributed by atoms with Crippen molar-refractivity contribution in [2.24, 2.45) is 10.9 Å². The van der Waals surface area contributed by atoms with Crippen molar-refractivity contribution >= 4 is 22.8 Å². The quantitative estimate of drug-likeness (QED) is 0.368. The number of amidine groups is 1. The molecule has 0 aliphatic rings. The Morgan fingerprint density at radius 3 is 2.89 bits per heavy atom. The van der Waals surface area contributed by atoms with Crippen LogP contribution < -0.4 is 10.6 Å². The van der Waals surface area contributed by atoms with Gasteiger partial charge in [0.05, 0.1) is 0 Å². The zero-order chi connectivity index (χ0) is 13.8. The fourth-order valence-corrected chi connectivity index (χ4v) is 1.75. The van der Waals surface area contributed by atoms with Gasteiger partial charge in [0.2, 0.25) is 0 Å². The molecule has 1 unspecified atom stereocenters. The number of anilines is 1. The van der Waals surface area contributed by atoms with Gasteiger partial charge in [0, 0.05) is 31.9 Å². The minimum absolute atomic E-state index is 0.0533. The lowest BCUT2D eigenvalue weighted by molar-refractivity contribution is 0.316. The standard InChI is InChI=1S/C12H16N6O/c1-8(7-10(13)17-19)18(2)11-4-3-9-12(16-11)15-6-5-14-9/h3-6,8,19H,7H2,1-2H3,(H2,13,17). The summed E-state index contributed by atoms with van der Waals surface area (Å²) in [7, 11) is 1.90. The maximum absolute atomic E-state index is 8.59. The van der Waals surface area contributed by atoms with Crippen LogP contribution >= 0.6 is 0 Å². The Hall–Kier alpha value is -2.44. The summed E-state index contributed by atoms with van der Waals surface area (Å²) in [4.78, 5) is 14.7. The first-order valence-corrected chi connectivity index (χ1v) is 5.89. The van der Waals surface area contributed by atoms with Crippen molar-refractivity contribution in [3.8, 4) is 0 Å². The monoisotopic (exact) mass is 260 g/mol. The summed E-state index contributed by atoms with van der Waals surface area (Å²) in [6.45, 7) is 1.97. The molecule has 7 heteroatoms. The predicted octanol–water partition coefficient (Wildman–Crippen LogP) is 0.986. The fourth-order valence-electron chi connectivity index (χ4n) is 1.75. The van der Waals surface area contributed by atoms with Gasteiger partial charge in [-0.05, 0) is 19.1 Å². The highest BCUT2D eigenvalue weighted by Gasteiger charge is 2.13. The van der Waals surface area contributed by atoms with E-state index in [1.54, 1.807) is 12.4 Å². The fraction of sp³-hybridized carbons (Fsp3) is 0.333. The van der Waals surface area contributed by atoms with Crippen LogP contribution in [-0.2, 0) is 0 Å². The maximum Gasteiger partial charge on any atom is 0.180 e. The van der Waals surface area contributed by atoms with E-state index in [-0.39, 0.29) is 11.9 Å². The van der Waals surface area contributed by atoms with Crippen molar-refractivity contribution in [2.75, 3.05) is 11.9 Å². The van der Waals surface area contributed by atoms with Gasteiger partial charge in [-0.2, -0.15) is 0 Å². The molecule has 100 valence electrons. The Kier molecular flexibility index (Phi) is 3.74. The molecular formula is C12H16N6O. The Morgan fingerprint density at radius 1 is 1.42 bits per heavy atom. The third-order valence-corrected chi connectivity index (χ3v) is 2.97. The van der Waals surface area contributed by atoms with E-state index in [2.05, 4.69) is 20.1 Å². The van der Waals surface area contributed by atoms with E-state index in [0.717, 1.165) is 11.3 Å². The molecule has 0 bridgehead atoms. The average molecular weight is 260 g/mol. The minimum atomic E-state index is 0.0533. The molecular weight excluding hydrogens is 244 g/mol. The Morgan fingerprint density at radius 2 is 2.16 bits per heavy atom. The lowest BCUT2D eigenvalue weighted by Gasteiger charge is -2.25. The van der Waals surface area contributed by atoms with Crippen LogP contribution in [0.3, 0.4) is 0 Å². The topological polar surface area (TPSA) is 101 Å². The van der Waals surface area contributed by atoms with Crippen molar-refractivity contribution in [3.63, 3.8) is 0 Å². The molecule has 0 spiro atoms. The molecule has 3 N–H and O–H groups in total. The van der Waals surface area contributed by atoms with Crippen LogP contribution in [0.1, 0.15) is 13.3 Å². The zero-order valence-electron chi connectivity index (χ0n) is 10.9. The second-order valence-electron chi connectivity index (χ2n) is 4.32. The van der Waals surface area contributed by atoms with Crippen molar-refractivity contribution < 1.29 is 5.21 Å². The van der Waals surface area contributed by atoms with Crippen molar-refractivity contribution in [1.29, 1.82) is 0 Å². The molecule has 0 aliphatic heterocycles. The van der Waals surface area contributed by atoms with Gasteiger partial charge in [-0.3, -0.25) is 4.98 Å². The van der Waals surface area contributed by atoms with Crippen LogP contribution in [0.25, 0.3) is 11.2 Å². The van der Waals surface area contributed by atoms with Gasteiger partial charge < -0.3 is 15.8 Å². The summed E-state index contributed by atoms with van der Waals surface area (Å²) < 4.78 is 0. The largest absolute Gasteiger partial charge is 0.409 e. The lowest BCUT2D eigenvalue weighted by Crippen LogP contribution is -2.33. The van der Waals surface area contributed by atoms with Crippen LogP contribution in [0.15, 0.2) is 29.7 Å². The van der Waals surface area contributed by atoms with Crippen molar-refractivity contribution in [2.45, 2.75) is 19.4 Å². The van der Waals surface area contributed by atoms with Gasteiger partial charge >= 0.3 is 0 Å². The third kappa shape index (κ3) is 2.87.